The normalized spacial score (nSPS) is 9.00. The van der Waals surface area contributed by atoms with Crippen LogP contribution in [0.25, 0.3) is 21.5 Å². The third-order valence-electron chi connectivity index (χ3n) is 3.52. The summed E-state index contributed by atoms with van der Waals surface area (Å²) in [6, 6.07) is 25.7. The summed E-state index contributed by atoms with van der Waals surface area (Å²) in [6.45, 7) is 8.56. The van der Waals surface area contributed by atoms with Crippen molar-refractivity contribution in [2.24, 2.45) is 0 Å². The number of hydrogen-bond acceptors (Lipinski definition) is 0. The number of fused-ring (bicyclic) bond motifs is 2. The van der Waals surface area contributed by atoms with Gasteiger partial charge < -0.3 is 0 Å². The summed E-state index contributed by atoms with van der Waals surface area (Å²) in [4.78, 5) is 0. The first-order valence-electron chi connectivity index (χ1n) is 8.34. The minimum absolute atomic E-state index is 0. The molecule has 4 aromatic carbocycles. The average molecular weight is 458 g/mol. The van der Waals surface area contributed by atoms with Crippen molar-refractivity contribution in [1.82, 2.24) is 0 Å². The van der Waals surface area contributed by atoms with E-state index < -0.39 is 0 Å². The van der Waals surface area contributed by atoms with Gasteiger partial charge >= 0.3 is 26.2 Å². The van der Waals surface area contributed by atoms with Gasteiger partial charge in [-0.15, -0.1) is 92.8 Å². The van der Waals surface area contributed by atoms with Crippen molar-refractivity contribution < 1.29 is 26.2 Å². The van der Waals surface area contributed by atoms with Crippen LogP contribution in [0.2, 0.25) is 13.1 Å². The molecule has 0 aliphatic heterocycles. The van der Waals surface area contributed by atoms with E-state index in [1.807, 2.05) is 0 Å². The molecule has 0 heterocycles. The van der Waals surface area contributed by atoms with Crippen LogP contribution in [0.3, 0.4) is 0 Å². The van der Waals surface area contributed by atoms with Crippen LogP contribution in [0.15, 0.2) is 72.8 Å². The molecule has 0 aliphatic carbocycles. The summed E-state index contributed by atoms with van der Waals surface area (Å²) in [5, 5.41) is 5.39. The molecule has 0 bridgehead atoms. The fourth-order valence-corrected chi connectivity index (χ4v) is 2.61. The molecule has 0 saturated carbocycles. The van der Waals surface area contributed by atoms with Gasteiger partial charge in [0.15, 0.2) is 0 Å². The number of hydrogen-bond donors (Lipinski definition) is 0. The van der Waals surface area contributed by atoms with Crippen molar-refractivity contribution in [3.8, 4) is 0 Å². The molecule has 3 heteroatoms. The van der Waals surface area contributed by atoms with Gasteiger partial charge in [0.25, 0.3) is 0 Å². The van der Waals surface area contributed by atoms with Crippen molar-refractivity contribution in [3.05, 3.63) is 83.9 Å². The van der Waals surface area contributed by atoms with Gasteiger partial charge in [-0.05, 0) is 0 Å². The SMILES string of the molecule is CCl.C[Si]C.Cc1cc2ccccc2[cH-]1.Cc1cc2ccccc2[cH-]1.[Zr+2]. The zero-order valence-corrected chi connectivity index (χ0v) is 20.5. The fraction of sp³-hybridized carbons (Fsp3) is 0.217. The Labute approximate surface area is 185 Å². The minimum Gasteiger partial charge on any atom is -0.165 e. The summed E-state index contributed by atoms with van der Waals surface area (Å²) in [5.74, 6) is 0. The van der Waals surface area contributed by atoms with Gasteiger partial charge in [0.2, 0.25) is 0 Å². The largest absolute Gasteiger partial charge is 2.00 e. The van der Waals surface area contributed by atoms with Gasteiger partial charge in [0.1, 0.15) is 0 Å². The monoisotopic (exact) mass is 456 g/mol. The van der Waals surface area contributed by atoms with Gasteiger partial charge in [-0.1, -0.05) is 39.1 Å². The van der Waals surface area contributed by atoms with Gasteiger partial charge in [-0.25, -0.2) is 0 Å². The van der Waals surface area contributed by atoms with Gasteiger partial charge in [-0.3, -0.25) is 0 Å². The Bertz CT molecular complexity index is 723. The summed E-state index contributed by atoms with van der Waals surface area (Å²) >= 11 is 4.64. The van der Waals surface area contributed by atoms with Crippen LogP contribution in [0.5, 0.6) is 0 Å². The van der Waals surface area contributed by atoms with Crippen LogP contribution in [-0.2, 0) is 26.2 Å². The van der Waals surface area contributed by atoms with Gasteiger partial charge in [-0.2, -0.15) is 12.1 Å². The second-order valence-electron chi connectivity index (χ2n) is 5.82. The molecule has 2 radical (unpaired) electrons. The van der Waals surface area contributed by atoms with Crippen molar-refractivity contribution in [3.63, 3.8) is 0 Å². The zero-order valence-electron chi connectivity index (χ0n) is 16.3. The number of benzene rings is 2. The second kappa shape index (κ2) is 14.2. The maximum absolute atomic E-state index is 4.64. The first-order valence-corrected chi connectivity index (χ1v) is 11.1. The van der Waals surface area contributed by atoms with E-state index in [9.17, 15) is 0 Å². The van der Waals surface area contributed by atoms with E-state index in [1.165, 1.54) is 39.1 Å². The predicted molar refractivity (Wildman–Crippen MR) is 118 cm³/mol. The first-order chi connectivity index (χ1) is 12.1. The van der Waals surface area contributed by atoms with Crippen LogP contribution in [0, 0.1) is 13.8 Å². The summed E-state index contributed by atoms with van der Waals surface area (Å²) in [7, 11) is 1.08. The molecule has 0 saturated heterocycles. The molecule has 0 nitrogen and oxygen atoms in total. The van der Waals surface area contributed by atoms with E-state index in [4.69, 9.17) is 0 Å². The molecule has 0 unspecified atom stereocenters. The van der Waals surface area contributed by atoms with E-state index >= 15 is 0 Å². The van der Waals surface area contributed by atoms with Crippen molar-refractivity contribution in [1.29, 1.82) is 0 Å². The molecular weight excluding hydrogens is 431 g/mol. The molecule has 26 heavy (non-hydrogen) atoms. The smallest absolute Gasteiger partial charge is 0.165 e. The predicted octanol–water partition coefficient (Wildman–Crippen LogP) is 7.37. The van der Waals surface area contributed by atoms with Crippen LogP contribution >= 0.6 is 11.6 Å². The van der Waals surface area contributed by atoms with E-state index in [1.54, 1.807) is 0 Å². The molecule has 0 amide bonds. The standard InChI is InChI=1S/2C10H9.C2H6Si.CH3Cl.Zr/c2*1-8-6-9-4-2-3-5-10(9)7-8;1-3-2;1-2;/h2*2-7H,1H3;1-2H3;1H3;/q2*-1;;;+2. The zero-order chi connectivity index (χ0) is 18.7. The van der Waals surface area contributed by atoms with Gasteiger partial charge in [0, 0.05) is 15.9 Å². The summed E-state index contributed by atoms with van der Waals surface area (Å²) in [6.07, 6.45) is 1.47. The molecule has 4 aromatic rings. The Hall–Kier alpha value is -0.950. The van der Waals surface area contributed by atoms with Crippen molar-refractivity contribution in [2.75, 3.05) is 6.38 Å². The quantitative estimate of drug-likeness (QED) is 0.147. The first kappa shape index (κ1) is 25.1. The molecule has 0 N–H and O–H groups in total. The molecule has 134 valence electrons. The third-order valence-corrected chi connectivity index (χ3v) is 3.52. The molecule has 4 rings (SSSR count). The Morgan fingerprint density at radius 3 is 1.31 bits per heavy atom. The second-order valence-corrected chi connectivity index (χ2v) is 6.82. The molecule has 0 fully saturated rings. The van der Waals surface area contributed by atoms with Crippen LogP contribution in [-0.4, -0.2) is 15.9 Å². The van der Waals surface area contributed by atoms with Crippen molar-refractivity contribution in [2.45, 2.75) is 26.9 Å². The Morgan fingerprint density at radius 1 is 0.692 bits per heavy atom. The number of rotatable bonds is 0. The van der Waals surface area contributed by atoms with Crippen LogP contribution < -0.4 is 0 Å². The van der Waals surface area contributed by atoms with E-state index in [-0.39, 0.29) is 26.2 Å². The topological polar surface area (TPSA) is 0 Å². The third kappa shape index (κ3) is 8.16. The number of halogens is 1. The van der Waals surface area contributed by atoms with Crippen LogP contribution in [0.4, 0.5) is 0 Å². The van der Waals surface area contributed by atoms with Gasteiger partial charge in [0.05, 0.1) is 0 Å². The Morgan fingerprint density at radius 2 is 1.00 bits per heavy atom. The Balaban J connectivity index is 0.000000376. The number of aryl methyl sites for hydroxylation is 2. The maximum Gasteiger partial charge on any atom is 2.00 e. The van der Waals surface area contributed by atoms with E-state index in [0.717, 1.165) is 9.52 Å². The van der Waals surface area contributed by atoms with E-state index in [0.29, 0.717) is 0 Å². The molecular formula is C23H27ClSiZr. The number of alkyl halides is 1. The molecule has 0 aliphatic rings. The van der Waals surface area contributed by atoms with Crippen molar-refractivity contribution >= 4 is 42.7 Å². The maximum atomic E-state index is 4.64. The minimum atomic E-state index is 0. The summed E-state index contributed by atoms with van der Waals surface area (Å²) in [5.41, 5.74) is 2.70. The molecule has 0 atom stereocenters. The van der Waals surface area contributed by atoms with E-state index in [2.05, 4.69) is 111 Å². The average Bonchev–Trinajstić information content (AvgIpc) is 3.18. The molecule has 0 spiro atoms. The molecule has 0 aromatic heterocycles. The fourth-order valence-electron chi connectivity index (χ4n) is 2.61. The van der Waals surface area contributed by atoms with Crippen LogP contribution in [0.1, 0.15) is 11.1 Å². The Kier molecular flexibility index (Phi) is 13.6. The summed E-state index contributed by atoms with van der Waals surface area (Å²) < 4.78 is 0.